The van der Waals surface area contributed by atoms with Crippen LogP contribution < -0.4 is 5.32 Å². The van der Waals surface area contributed by atoms with Crippen molar-refractivity contribution in [1.29, 1.82) is 0 Å². The van der Waals surface area contributed by atoms with Gasteiger partial charge in [0.15, 0.2) is 5.65 Å². The Morgan fingerprint density at radius 3 is 2.68 bits per heavy atom. The van der Waals surface area contributed by atoms with Crippen LogP contribution in [-0.4, -0.2) is 33.2 Å². The third kappa shape index (κ3) is 2.81. The maximum atomic E-state index is 9.58. The minimum Gasteiger partial charge on any atom is -0.396 e. The van der Waals surface area contributed by atoms with Crippen molar-refractivity contribution in [1.82, 2.24) is 15.0 Å². The Morgan fingerprint density at radius 1 is 1.21 bits per heavy atom. The first-order valence-electron chi connectivity index (χ1n) is 6.65. The third-order valence-corrected chi connectivity index (χ3v) is 3.87. The van der Waals surface area contributed by atoms with Gasteiger partial charge in [-0.3, -0.25) is 0 Å². The molecule has 0 spiro atoms. The molecule has 0 amide bonds. The molecular weight excluding hydrogens is 240 g/mol. The van der Waals surface area contributed by atoms with Gasteiger partial charge in [0.05, 0.1) is 12.0 Å². The molecule has 0 radical (unpaired) electrons. The normalized spacial score (nSPS) is 11.7. The first-order chi connectivity index (χ1) is 9.24. The van der Waals surface area contributed by atoms with Crippen LogP contribution in [0.2, 0.25) is 0 Å². The zero-order valence-electron chi connectivity index (χ0n) is 11.4. The highest BCUT2D eigenvalue weighted by Gasteiger charge is 2.25. The molecule has 0 saturated heterocycles. The summed E-state index contributed by atoms with van der Waals surface area (Å²) in [5, 5.41) is 13.8. The zero-order chi connectivity index (χ0) is 13.7. The molecular formula is C14H20N4O. The van der Waals surface area contributed by atoms with Crippen LogP contribution >= 0.6 is 0 Å². The number of aliphatic hydroxyl groups is 1. The maximum absolute atomic E-state index is 9.58. The van der Waals surface area contributed by atoms with Gasteiger partial charge in [0.25, 0.3) is 0 Å². The van der Waals surface area contributed by atoms with Gasteiger partial charge in [-0.05, 0) is 25.0 Å². The van der Waals surface area contributed by atoms with E-state index in [0.717, 1.165) is 24.0 Å². The van der Waals surface area contributed by atoms with Gasteiger partial charge in [-0.15, -0.1) is 0 Å². The molecule has 0 aliphatic heterocycles. The van der Waals surface area contributed by atoms with Crippen LogP contribution in [0.1, 0.15) is 26.7 Å². The van der Waals surface area contributed by atoms with Crippen molar-refractivity contribution < 1.29 is 5.11 Å². The van der Waals surface area contributed by atoms with Crippen molar-refractivity contribution in [3.63, 3.8) is 0 Å². The number of nitrogens with zero attached hydrogens (tertiary/aromatic N) is 3. The lowest BCUT2D eigenvalue weighted by atomic mass is 9.83. The summed E-state index contributed by atoms with van der Waals surface area (Å²) in [5.74, 6) is 0.776. The highest BCUT2D eigenvalue weighted by atomic mass is 16.3. The Kier molecular flexibility index (Phi) is 4.27. The lowest BCUT2D eigenvalue weighted by molar-refractivity contribution is 0.127. The Balaban J connectivity index is 2.22. The second-order valence-electron chi connectivity index (χ2n) is 4.82. The van der Waals surface area contributed by atoms with Gasteiger partial charge >= 0.3 is 0 Å². The van der Waals surface area contributed by atoms with Crippen LogP contribution in [0.25, 0.3) is 11.0 Å². The molecule has 5 nitrogen and oxygen atoms in total. The molecule has 5 heteroatoms. The second kappa shape index (κ2) is 5.93. The van der Waals surface area contributed by atoms with E-state index in [9.17, 15) is 5.11 Å². The highest BCUT2D eigenvalue weighted by molar-refractivity contribution is 5.85. The topological polar surface area (TPSA) is 70.9 Å². The average Bonchev–Trinajstić information content (AvgIpc) is 2.49. The molecule has 0 aliphatic rings. The number of anilines is 1. The molecule has 2 aromatic rings. The third-order valence-electron chi connectivity index (χ3n) is 3.87. The van der Waals surface area contributed by atoms with E-state index >= 15 is 0 Å². The quantitative estimate of drug-likeness (QED) is 0.833. The fourth-order valence-corrected chi connectivity index (χ4v) is 2.09. The van der Waals surface area contributed by atoms with Gasteiger partial charge in [-0.2, -0.15) is 0 Å². The molecule has 2 N–H and O–H groups in total. The van der Waals surface area contributed by atoms with E-state index in [2.05, 4.69) is 34.1 Å². The van der Waals surface area contributed by atoms with Crippen molar-refractivity contribution in [3.8, 4) is 0 Å². The van der Waals surface area contributed by atoms with Crippen LogP contribution in [-0.2, 0) is 0 Å². The van der Waals surface area contributed by atoms with Gasteiger partial charge < -0.3 is 10.4 Å². The van der Waals surface area contributed by atoms with Crippen LogP contribution in [0.4, 0.5) is 5.82 Å². The number of fused-ring (bicyclic) bond motifs is 1. The van der Waals surface area contributed by atoms with Gasteiger partial charge in [-0.25, -0.2) is 15.0 Å². The predicted molar refractivity (Wildman–Crippen MR) is 75.9 cm³/mol. The van der Waals surface area contributed by atoms with Gasteiger partial charge in [0.2, 0.25) is 0 Å². The van der Waals surface area contributed by atoms with Crippen molar-refractivity contribution in [2.75, 3.05) is 18.5 Å². The molecule has 0 unspecified atom stereocenters. The molecule has 2 aromatic heterocycles. The smallest absolute Gasteiger partial charge is 0.164 e. The van der Waals surface area contributed by atoms with Crippen molar-refractivity contribution in [2.24, 2.45) is 5.41 Å². The largest absolute Gasteiger partial charge is 0.396 e. The molecule has 2 rings (SSSR count). The van der Waals surface area contributed by atoms with Crippen LogP contribution in [0.5, 0.6) is 0 Å². The number of hydrogen-bond acceptors (Lipinski definition) is 5. The van der Waals surface area contributed by atoms with E-state index in [4.69, 9.17) is 0 Å². The fourth-order valence-electron chi connectivity index (χ4n) is 2.09. The monoisotopic (exact) mass is 260 g/mol. The molecule has 19 heavy (non-hydrogen) atoms. The fraction of sp³-hybridized carbons (Fsp3) is 0.500. The molecule has 102 valence electrons. The molecule has 0 aromatic carbocycles. The van der Waals surface area contributed by atoms with Crippen molar-refractivity contribution >= 4 is 16.9 Å². The number of rotatable bonds is 6. The van der Waals surface area contributed by atoms with E-state index in [1.54, 1.807) is 6.20 Å². The number of aliphatic hydroxyl groups excluding tert-OH is 1. The SMILES string of the molecule is CCC(CC)(CO)CNc1ncnc2ncccc12. The maximum Gasteiger partial charge on any atom is 0.164 e. The Labute approximate surface area is 113 Å². The summed E-state index contributed by atoms with van der Waals surface area (Å²) in [6.45, 7) is 5.06. The number of pyridine rings is 1. The Hall–Kier alpha value is -1.75. The van der Waals surface area contributed by atoms with Crippen molar-refractivity contribution in [2.45, 2.75) is 26.7 Å². The molecule has 2 heterocycles. The first kappa shape index (κ1) is 13.7. The summed E-state index contributed by atoms with van der Waals surface area (Å²) in [6, 6.07) is 3.82. The summed E-state index contributed by atoms with van der Waals surface area (Å²) >= 11 is 0. The summed E-state index contributed by atoms with van der Waals surface area (Å²) < 4.78 is 0. The minimum absolute atomic E-state index is 0.0977. The number of aromatic nitrogens is 3. The highest BCUT2D eigenvalue weighted by Crippen LogP contribution is 2.27. The molecule has 0 fully saturated rings. The molecule has 0 saturated carbocycles. The van der Waals surface area contributed by atoms with Gasteiger partial charge in [-0.1, -0.05) is 13.8 Å². The van der Waals surface area contributed by atoms with Crippen molar-refractivity contribution in [3.05, 3.63) is 24.7 Å². The van der Waals surface area contributed by atoms with E-state index in [1.807, 2.05) is 12.1 Å². The summed E-state index contributed by atoms with van der Waals surface area (Å²) in [6.07, 6.45) is 5.08. The summed E-state index contributed by atoms with van der Waals surface area (Å²) in [5.41, 5.74) is 0.585. The van der Waals surface area contributed by atoms with E-state index in [0.29, 0.717) is 12.2 Å². The standard InChI is InChI=1S/C14H20N4O/c1-3-14(4-2,9-19)8-16-13-11-6-5-7-15-12(11)17-10-18-13/h5-7,10,19H,3-4,8-9H2,1-2H3,(H,15,16,17,18). The van der Waals surface area contributed by atoms with E-state index < -0.39 is 0 Å². The van der Waals surface area contributed by atoms with E-state index in [1.165, 1.54) is 6.33 Å². The first-order valence-corrected chi connectivity index (χ1v) is 6.65. The Morgan fingerprint density at radius 2 is 2.00 bits per heavy atom. The molecule has 0 atom stereocenters. The number of hydrogen-bond donors (Lipinski definition) is 2. The van der Waals surface area contributed by atoms with Gasteiger partial charge in [0.1, 0.15) is 12.1 Å². The molecule has 0 bridgehead atoms. The van der Waals surface area contributed by atoms with Gasteiger partial charge in [0, 0.05) is 18.2 Å². The van der Waals surface area contributed by atoms with E-state index in [-0.39, 0.29) is 12.0 Å². The average molecular weight is 260 g/mol. The Bertz CT molecular complexity index is 526. The number of nitrogens with one attached hydrogen (secondary N) is 1. The van der Waals surface area contributed by atoms with Crippen LogP contribution in [0, 0.1) is 5.41 Å². The summed E-state index contributed by atoms with van der Waals surface area (Å²) in [4.78, 5) is 12.6. The summed E-state index contributed by atoms with van der Waals surface area (Å²) in [7, 11) is 0. The van der Waals surface area contributed by atoms with Crippen LogP contribution in [0.3, 0.4) is 0 Å². The molecule has 0 aliphatic carbocycles. The zero-order valence-corrected chi connectivity index (χ0v) is 11.4. The lowest BCUT2D eigenvalue weighted by Gasteiger charge is -2.29. The minimum atomic E-state index is -0.0977. The lowest BCUT2D eigenvalue weighted by Crippen LogP contribution is -2.32. The predicted octanol–water partition coefficient (Wildman–Crippen LogP) is 2.24. The second-order valence-corrected chi connectivity index (χ2v) is 4.82. The van der Waals surface area contributed by atoms with Crippen LogP contribution in [0.15, 0.2) is 24.7 Å².